The molecule has 0 amide bonds. The van der Waals surface area contributed by atoms with Crippen molar-refractivity contribution in [2.75, 3.05) is 5.32 Å². The number of anilines is 1. The van der Waals surface area contributed by atoms with Gasteiger partial charge in [0.05, 0.1) is 5.69 Å². The molecule has 1 rings (SSSR count). The quantitative estimate of drug-likeness (QED) is 0.289. The Hall–Kier alpha value is -1.60. The Labute approximate surface area is 81.1 Å². The number of hydrogen-bond acceptors (Lipinski definition) is 4. The van der Waals surface area contributed by atoms with Gasteiger partial charge in [-0.15, -0.1) is 0 Å². The first kappa shape index (κ1) is 10.5. The lowest BCUT2D eigenvalue weighted by Crippen LogP contribution is -2.14. The lowest BCUT2D eigenvalue weighted by atomic mass is 10.3. The van der Waals surface area contributed by atoms with E-state index in [9.17, 15) is 8.42 Å². The van der Waals surface area contributed by atoms with Crippen LogP contribution in [0.2, 0.25) is 0 Å². The highest BCUT2D eigenvalue weighted by atomic mass is 32.2. The molecule has 0 fully saturated rings. The second-order valence-corrected chi connectivity index (χ2v) is 3.96. The Kier molecular flexibility index (Phi) is 3.05. The van der Waals surface area contributed by atoms with E-state index in [1.54, 1.807) is 12.1 Å². The molecule has 4 N–H and O–H groups in total. The number of nitrogens with two attached hydrogens (primary N) is 1. The van der Waals surface area contributed by atoms with Crippen molar-refractivity contribution >= 4 is 22.0 Å². The Balaban J connectivity index is 3.16. The highest BCUT2D eigenvalue weighted by Crippen LogP contribution is 2.18. The molecule has 0 bridgehead atoms. The van der Waals surface area contributed by atoms with Crippen molar-refractivity contribution in [3.05, 3.63) is 24.3 Å². The molecule has 0 aliphatic rings. The number of hydrogen-bond donors (Lipinski definition) is 3. The van der Waals surface area contributed by atoms with Crippen molar-refractivity contribution in [2.24, 2.45) is 10.3 Å². The summed E-state index contributed by atoms with van der Waals surface area (Å²) in [6.45, 7) is 0. The van der Waals surface area contributed by atoms with E-state index in [0.29, 0.717) is 0 Å². The highest BCUT2D eigenvalue weighted by Gasteiger charge is 2.11. The molecule has 7 heteroatoms. The predicted molar refractivity (Wildman–Crippen MR) is 51.7 cm³/mol. The molecule has 76 valence electrons. The molecule has 0 heterocycles. The van der Waals surface area contributed by atoms with Gasteiger partial charge < -0.3 is 10.5 Å². The maximum Gasteiger partial charge on any atom is 0.240 e. The third-order valence-electron chi connectivity index (χ3n) is 1.47. The Morgan fingerprint density at radius 1 is 1.43 bits per heavy atom. The van der Waals surface area contributed by atoms with Crippen LogP contribution in [0.15, 0.2) is 34.3 Å². The Morgan fingerprint density at radius 2 is 2.07 bits per heavy atom. The van der Waals surface area contributed by atoms with Gasteiger partial charge in [0.2, 0.25) is 10.0 Å². The Bertz CT molecular complexity index is 441. The molecule has 6 nitrogen and oxygen atoms in total. The van der Waals surface area contributed by atoms with Gasteiger partial charge in [0.15, 0.2) is 0 Å². The van der Waals surface area contributed by atoms with Gasteiger partial charge in [-0.1, -0.05) is 17.3 Å². The van der Waals surface area contributed by atoms with E-state index < -0.39 is 10.0 Å². The summed E-state index contributed by atoms with van der Waals surface area (Å²) in [5.74, 6) is 0. The Morgan fingerprint density at radius 3 is 2.64 bits per heavy atom. The SMILES string of the molecule is NS(=O)(=O)c1ccccc1N/C=N/O. The lowest BCUT2D eigenvalue weighted by molar-refractivity contribution is 0.321. The average molecular weight is 215 g/mol. The molecule has 0 unspecified atom stereocenters. The van der Waals surface area contributed by atoms with Crippen LogP contribution < -0.4 is 10.5 Å². The van der Waals surface area contributed by atoms with Gasteiger partial charge >= 0.3 is 0 Å². The zero-order chi connectivity index (χ0) is 10.6. The number of sulfonamides is 1. The number of para-hydroxylation sites is 1. The molecular formula is C7H9N3O3S. The van der Waals surface area contributed by atoms with Crippen LogP contribution in [0.3, 0.4) is 0 Å². The van der Waals surface area contributed by atoms with Crippen LogP contribution in [0.5, 0.6) is 0 Å². The van der Waals surface area contributed by atoms with Crippen LogP contribution in [0.1, 0.15) is 0 Å². The predicted octanol–water partition coefficient (Wildman–Crippen LogP) is 0.163. The van der Waals surface area contributed by atoms with Crippen molar-refractivity contribution < 1.29 is 13.6 Å². The number of rotatable bonds is 3. The van der Waals surface area contributed by atoms with E-state index in [1.807, 2.05) is 0 Å². The molecule has 14 heavy (non-hydrogen) atoms. The maximum absolute atomic E-state index is 11.0. The zero-order valence-electron chi connectivity index (χ0n) is 7.08. The lowest BCUT2D eigenvalue weighted by Gasteiger charge is -2.05. The largest absolute Gasteiger partial charge is 0.410 e. The first-order chi connectivity index (χ1) is 6.55. The molecule has 0 saturated heterocycles. The van der Waals surface area contributed by atoms with Gasteiger partial charge in [-0.3, -0.25) is 0 Å². The minimum atomic E-state index is -3.77. The number of nitrogens with zero attached hydrogens (tertiary/aromatic N) is 1. The van der Waals surface area contributed by atoms with E-state index in [2.05, 4.69) is 10.5 Å². The minimum absolute atomic E-state index is 0.0556. The first-order valence-electron chi connectivity index (χ1n) is 3.60. The fourth-order valence-electron chi connectivity index (χ4n) is 0.932. The summed E-state index contributed by atoms with van der Waals surface area (Å²) in [5, 5.41) is 18.3. The van der Waals surface area contributed by atoms with Crippen molar-refractivity contribution in [1.29, 1.82) is 0 Å². The highest BCUT2D eigenvalue weighted by molar-refractivity contribution is 7.89. The number of primary sulfonamides is 1. The monoisotopic (exact) mass is 215 g/mol. The zero-order valence-corrected chi connectivity index (χ0v) is 7.90. The van der Waals surface area contributed by atoms with E-state index in [1.165, 1.54) is 12.1 Å². The van der Waals surface area contributed by atoms with Crippen LogP contribution in [0, 0.1) is 0 Å². The summed E-state index contributed by atoms with van der Waals surface area (Å²) in [6.07, 6.45) is 0.948. The van der Waals surface area contributed by atoms with E-state index in [-0.39, 0.29) is 10.6 Å². The molecule has 0 aromatic heterocycles. The van der Waals surface area contributed by atoms with Gasteiger partial charge in [-0.25, -0.2) is 13.6 Å². The fourth-order valence-corrected chi connectivity index (χ4v) is 1.63. The standard InChI is InChI=1S/C7H9N3O3S/c8-14(12,13)7-4-2-1-3-6(7)9-5-10-11/h1-5,11H,(H,9,10)(H2,8,12,13). The smallest absolute Gasteiger partial charge is 0.240 e. The van der Waals surface area contributed by atoms with Gasteiger partial charge in [-0.05, 0) is 12.1 Å². The topological polar surface area (TPSA) is 105 Å². The fraction of sp³-hybridized carbons (Fsp3) is 0. The summed E-state index contributed by atoms with van der Waals surface area (Å²) < 4.78 is 22.1. The molecule has 1 aromatic rings. The van der Waals surface area contributed by atoms with Crippen LogP contribution >= 0.6 is 0 Å². The van der Waals surface area contributed by atoms with Gasteiger partial charge in [0.25, 0.3) is 0 Å². The number of oxime groups is 1. The molecule has 0 aliphatic heterocycles. The van der Waals surface area contributed by atoms with Gasteiger partial charge in [0.1, 0.15) is 11.2 Å². The molecule has 0 saturated carbocycles. The maximum atomic E-state index is 11.0. The van der Waals surface area contributed by atoms with Crippen molar-refractivity contribution in [3.8, 4) is 0 Å². The third-order valence-corrected chi connectivity index (χ3v) is 2.44. The molecule has 0 spiro atoms. The summed E-state index contributed by atoms with van der Waals surface area (Å²) in [6, 6.07) is 6.02. The average Bonchev–Trinajstić information content (AvgIpc) is 2.14. The summed E-state index contributed by atoms with van der Waals surface area (Å²) in [5.41, 5.74) is 0.257. The summed E-state index contributed by atoms with van der Waals surface area (Å²) in [7, 11) is -3.77. The molecule has 0 radical (unpaired) electrons. The third kappa shape index (κ3) is 2.44. The van der Waals surface area contributed by atoms with Crippen LogP contribution in [-0.4, -0.2) is 20.0 Å². The second-order valence-electron chi connectivity index (χ2n) is 2.43. The summed E-state index contributed by atoms with van der Waals surface area (Å²) in [4.78, 5) is -0.0556. The van der Waals surface area contributed by atoms with Crippen LogP contribution in [0.25, 0.3) is 0 Å². The van der Waals surface area contributed by atoms with Gasteiger partial charge in [-0.2, -0.15) is 0 Å². The van der Waals surface area contributed by atoms with Crippen LogP contribution in [-0.2, 0) is 10.0 Å². The van der Waals surface area contributed by atoms with Crippen molar-refractivity contribution in [1.82, 2.24) is 0 Å². The van der Waals surface area contributed by atoms with E-state index >= 15 is 0 Å². The van der Waals surface area contributed by atoms with E-state index in [4.69, 9.17) is 10.3 Å². The normalized spacial score (nSPS) is 11.8. The summed E-state index contributed by atoms with van der Waals surface area (Å²) >= 11 is 0. The first-order valence-corrected chi connectivity index (χ1v) is 5.14. The molecule has 1 aromatic carbocycles. The van der Waals surface area contributed by atoms with Crippen molar-refractivity contribution in [3.63, 3.8) is 0 Å². The van der Waals surface area contributed by atoms with Gasteiger partial charge in [0, 0.05) is 0 Å². The van der Waals surface area contributed by atoms with Crippen molar-refractivity contribution in [2.45, 2.75) is 4.90 Å². The van der Waals surface area contributed by atoms with Crippen LogP contribution in [0.4, 0.5) is 5.69 Å². The second kappa shape index (κ2) is 4.07. The molecular weight excluding hydrogens is 206 g/mol. The molecule has 0 aliphatic carbocycles. The number of benzene rings is 1. The molecule has 0 atom stereocenters. The minimum Gasteiger partial charge on any atom is -0.410 e. The number of nitrogens with one attached hydrogen (secondary N) is 1. The van der Waals surface area contributed by atoms with E-state index in [0.717, 1.165) is 6.34 Å².